The molecule has 17 heavy (non-hydrogen) atoms. The van der Waals surface area contributed by atoms with Crippen molar-refractivity contribution in [1.29, 1.82) is 0 Å². The topological polar surface area (TPSA) is 43.1 Å². The Morgan fingerprint density at radius 1 is 1.41 bits per heavy atom. The molecule has 1 unspecified atom stereocenters. The molecule has 1 aromatic carbocycles. The smallest absolute Gasteiger partial charge is 0.312 e. The number of benzene rings is 1. The molecule has 94 valence electrons. The fourth-order valence-electron chi connectivity index (χ4n) is 1.17. The van der Waals surface area contributed by atoms with Crippen LogP contribution in [0.1, 0.15) is 12.5 Å². The fraction of sp³-hybridized carbons (Fsp3) is 0.364. The molecule has 2 N–H and O–H groups in total. The van der Waals surface area contributed by atoms with Gasteiger partial charge < -0.3 is 5.73 Å². The number of Topliss-reactive ketones (excluding diaryl/α,β-unsaturated/α-hetero) is 1. The fourth-order valence-corrected chi connectivity index (χ4v) is 1.62. The summed E-state index contributed by atoms with van der Waals surface area (Å²) in [6.07, 6.45) is -5.08. The highest BCUT2D eigenvalue weighted by Gasteiger charge is 2.53. The summed E-state index contributed by atoms with van der Waals surface area (Å²) in [4.78, 5) is 11.5. The van der Waals surface area contributed by atoms with E-state index < -0.39 is 17.5 Å². The molecule has 0 aliphatic rings. The number of ketones is 1. The maximum absolute atomic E-state index is 12.5. The van der Waals surface area contributed by atoms with Gasteiger partial charge in [-0.2, -0.15) is 13.2 Å². The second-order valence-corrected chi connectivity index (χ2v) is 4.85. The van der Waals surface area contributed by atoms with E-state index in [-0.39, 0.29) is 6.42 Å². The SMILES string of the molecule is CC(N)(C(=O)Cc1cccc(Br)c1)C(F)(F)F. The van der Waals surface area contributed by atoms with Crippen LogP contribution in [0.4, 0.5) is 13.2 Å². The lowest BCUT2D eigenvalue weighted by Crippen LogP contribution is -2.57. The molecule has 0 aliphatic heterocycles. The molecule has 1 aromatic rings. The molecule has 0 amide bonds. The molecule has 2 nitrogen and oxygen atoms in total. The van der Waals surface area contributed by atoms with Crippen molar-refractivity contribution in [3.63, 3.8) is 0 Å². The largest absolute Gasteiger partial charge is 0.413 e. The highest BCUT2D eigenvalue weighted by atomic mass is 79.9. The van der Waals surface area contributed by atoms with Crippen LogP contribution in [-0.2, 0) is 11.2 Å². The van der Waals surface area contributed by atoms with E-state index in [9.17, 15) is 18.0 Å². The van der Waals surface area contributed by atoms with Crippen LogP contribution in [0.25, 0.3) is 0 Å². The van der Waals surface area contributed by atoms with Crippen LogP contribution in [0, 0.1) is 0 Å². The molecule has 0 saturated carbocycles. The van der Waals surface area contributed by atoms with E-state index >= 15 is 0 Å². The minimum atomic E-state index is -4.74. The van der Waals surface area contributed by atoms with Crippen molar-refractivity contribution in [2.45, 2.75) is 25.1 Å². The quantitative estimate of drug-likeness (QED) is 0.933. The highest BCUT2D eigenvalue weighted by Crippen LogP contribution is 2.29. The molecular formula is C11H11BrF3NO. The molecule has 0 saturated heterocycles. The molecular weight excluding hydrogens is 299 g/mol. The van der Waals surface area contributed by atoms with E-state index in [1.165, 1.54) is 0 Å². The van der Waals surface area contributed by atoms with Gasteiger partial charge in [-0.1, -0.05) is 28.1 Å². The van der Waals surface area contributed by atoms with Gasteiger partial charge in [0.05, 0.1) is 0 Å². The van der Waals surface area contributed by atoms with E-state index in [1.54, 1.807) is 24.3 Å². The zero-order valence-corrected chi connectivity index (χ0v) is 10.6. The van der Waals surface area contributed by atoms with E-state index in [1.807, 2.05) is 0 Å². The van der Waals surface area contributed by atoms with E-state index in [4.69, 9.17) is 5.73 Å². The van der Waals surface area contributed by atoms with Crippen molar-refractivity contribution in [1.82, 2.24) is 0 Å². The van der Waals surface area contributed by atoms with Crippen molar-refractivity contribution in [3.05, 3.63) is 34.3 Å². The summed E-state index contributed by atoms with van der Waals surface area (Å²) in [7, 11) is 0. The molecule has 6 heteroatoms. The number of halogens is 4. The summed E-state index contributed by atoms with van der Waals surface area (Å²) in [5, 5.41) is 0. The minimum Gasteiger partial charge on any atom is -0.312 e. The van der Waals surface area contributed by atoms with Crippen LogP contribution in [0.15, 0.2) is 28.7 Å². The van der Waals surface area contributed by atoms with Gasteiger partial charge in [-0.3, -0.25) is 4.79 Å². The summed E-state index contributed by atoms with van der Waals surface area (Å²) in [5.41, 5.74) is 2.72. The molecule has 1 atom stereocenters. The third-order valence-electron chi connectivity index (χ3n) is 2.42. The summed E-state index contributed by atoms with van der Waals surface area (Å²) in [6, 6.07) is 6.53. The third-order valence-corrected chi connectivity index (χ3v) is 2.92. The Bertz CT molecular complexity index is 429. The Kier molecular flexibility index (Phi) is 3.99. The first kappa shape index (κ1) is 14.2. The first-order valence-corrected chi connectivity index (χ1v) is 5.57. The summed E-state index contributed by atoms with van der Waals surface area (Å²) in [6.45, 7) is 0.688. The van der Waals surface area contributed by atoms with Gasteiger partial charge in [0.15, 0.2) is 11.3 Å². The van der Waals surface area contributed by atoms with Crippen LogP contribution < -0.4 is 5.73 Å². The van der Waals surface area contributed by atoms with Crippen LogP contribution in [0.3, 0.4) is 0 Å². The number of rotatable bonds is 3. The molecule has 0 aromatic heterocycles. The number of carbonyl (C=O) groups is 1. The van der Waals surface area contributed by atoms with E-state index in [0.717, 1.165) is 0 Å². The Morgan fingerprint density at radius 2 is 2.00 bits per heavy atom. The zero-order valence-electron chi connectivity index (χ0n) is 9.01. The number of hydrogen-bond donors (Lipinski definition) is 1. The van der Waals surface area contributed by atoms with Gasteiger partial charge in [-0.25, -0.2) is 0 Å². The van der Waals surface area contributed by atoms with Gasteiger partial charge in [-0.05, 0) is 24.6 Å². The molecule has 0 aliphatic carbocycles. The first-order valence-electron chi connectivity index (χ1n) is 4.78. The standard InChI is InChI=1S/C11H11BrF3NO/c1-10(16,11(13,14)15)9(17)6-7-3-2-4-8(12)5-7/h2-5H,6,16H2,1H3. The summed E-state index contributed by atoms with van der Waals surface area (Å²) < 4.78 is 38.2. The normalized spacial score (nSPS) is 15.4. The lowest BCUT2D eigenvalue weighted by Gasteiger charge is -2.25. The second-order valence-electron chi connectivity index (χ2n) is 3.93. The Hall–Kier alpha value is -0.880. The Balaban J connectivity index is 2.87. The van der Waals surface area contributed by atoms with Crippen molar-refractivity contribution >= 4 is 21.7 Å². The van der Waals surface area contributed by atoms with Crippen molar-refractivity contribution in [3.8, 4) is 0 Å². The van der Waals surface area contributed by atoms with Gasteiger partial charge in [-0.15, -0.1) is 0 Å². The number of hydrogen-bond acceptors (Lipinski definition) is 2. The Morgan fingerprint density at radius 3 is 2.47 bits per heavy atom. The van der Waals surface area contributed by atoms with Gasteiger partial charge in [0, 0.05) is 10.9 Å². The maximum atomic E-state index is 12.5. The van der Waals surface area contributed by atoms with Crippen LogP contribution in [0.2, 0.25) is 0 Å². The van der Waals surface area contributed by atoms with Crippen molar-refractivity contribution < 1.29 is 18.0 Å². The van der Waals surface area contributed by atoms with Crippen LogP contribution >= 0.6 is 15.9 Å². The van der Waals surface area contributed by atoms with E-state index in [0.29, 0.717) is 17.0 Å². The summed E-state index contributed by atoms with van der Waals surface area (Å²) >= 11 is 3.18. The predicted octanol–water partition coefficient (Wildman–Crippen LogP) is 2.84. The van der Waals surface area contributed by atoms with Crippen LogP contribution in [0.5, 0.6) is 0 Å². The number of nitrogens with two attached hydrogens (primary N) is 1. The monoisotopic (exact) mass is 309 g/mol. The van der Waals surface area contributed by atoms with Gasteiger partial charge >= 0.3 is 6.18 Å². The second kappa shape index (κ2) is 4.78. The van der Waals surface area contributed by atoms with Gasteiger partial charge in [0.1, 0.15) is 0 Å². The molecule has 0 radical (unpaired) electrons. The van der Waals surface area contributed by atoms with Crippen molar-refractivity contribution in [2.24, 2.45) is 5.73 Å². The van der Waals surface area contributed by atoms with Crippen molar-refractivity contribution in [2.75, 3.05) is 0 Å². The third kappa shape index (κ3) is 3.29. The zero-order chi connectivity index (χ0) is 13.3. The molecule has 1 rings (SSSR count). The minimum absolute atomic E-state index is 0.341. The van der Waals surface area contributed by atoms with Gasteiger partial charge in [0.2, 0.25) is 0 Å². The predicted molar refractivity (Wildman–Crippen MR) is 61.5 cm³/mol. The number of alkyl halides is 3. The lowest BCUT2D eigenvalue weighted by atomic mass is 9.92. The molecule has 0 spiro atoms. The average Bonchev–Trinajstić information content (AvgIpc) is 2.15. The van der Waals surface area contributed by atoms with Gasteiger partial charge in [0.25, 0.3) is 0 Å². The highest BCUT2D eigenvalue weighted by molar-refractivity contribution is 9.10. The number of carbonyl (C=O) groups excluding carboxylic acids is 1. The van der Waals surface area contributed by atoms with Crippen LogP contribution in [-0.4, -0.2) is 17.5 Å². The average molecular weight is 310 g/mol. The Labute approximate surface area is 105 Å². The summed E-state index contributed by atoms with van der Waals surface area (Å²) in [5.74, 6) is -1.05. The maximum Gasteiger partial charge on any atom is 0.413 e. The molecule has 0 heterocycles. The van der Waals surface area contributed by atoms with E-state index in [2.05, 4.69) is 15.9 Å². The lowest BCUT2D eigenvalue weighted by molar-refractivity contribution is -0.185. The molecule has 0 bridgehead atoms. The molecule has 0 fully saturated rings. The first-order chi connectivity index (χ1) is 7.64.